The van der Waals surface area contributed by atoms with Crippen molar-refractivity contribution in [3.05, 3.63) is 35.4 Å². The maximum absolute atomic E-state index is 5.54. The smallest absolute Gasteiger partial charge is 0.0719 e. The highest BCUT2D eigenvalue weighted by atomic mass is 16.5. The molecular formula is C17H27NO. The Bertz CT molecular complexity index is 400. The second-order valence-corrected chi connectivity index (χ2v) is 6.39. The number of hydrogen-bond donors (Lipinski definition) is 1. The van der Waals surface area contributed by atoms with Crippen LogP contribution < -0.4 is 5.32 Å². The SMILES string of the molecule is CCOCc1ccccc1CNC1CCC(C)(C)C1. The summed E-state index contributed by atoms with van der Waals surface area (Å²) in [5.74, 6) is 0. The minimum atomic E-state index is 0.516. The number of nitrogens with one attached hydrogen (secondary N) is 1. The van der Waals surface area contributed by atoms with Gasteiger partial charge in [-0.15, -0.1) is 0 Å². The fourth-order valence-corrected chi connectivity index (χ4v) is 2.95. The van der Waals surface area contributed by atoms with E-state index in [9.17, 15) is 0 Å². The molecule has 2 heteroatoms. The molecule has 2 nitrogen and oxygen atoms in total. The van der Waals surface area contributed by atoms with E-state index in [0.29, 0.717) is 11.5 Å². The van der Waals surface area contributed by atoms with E-state index in [-0.39, 0.29) is 0 Å². The molecule has 0 spiro atoms. The van der Waals surface area contributed by atoms with Crippen LogP contribution in [0.15, 0.2) is 24.3 Å². The van der Waals surface area contributed by atoms with E-state index in [2.05, 4.69) is 43.4 Å². The number of ether oxygens (including phenoxy) is 1. The van der Waals surface area contributed by atoms with E-state index in [1.807, 2.05) is 6.92 Å². The van der Waals surface area contributed by atoms with Gasteiger partial charge in [0, 0.05) is 19.2 Å². The van der Waals surface area contributed by atoms with Crippen LogP contribution in [0.5, 0.6) is 0 Å². The monoisotopic (exact) mass is 261 g/mol. The first-order valence-corrected chi connectivity index (χ1v) is 7.48. The average molecular weight is 261 g/mol. The Balaban J connectivity index is 1.89. The van der Waals surface area contributed by atoms with E-state index in [0.717, 1.165) is 19.8 Å². The van der Waals surface area contributed by atoms with Crippen LogP contribution in [0.2, 0.25) is 0 Å². The highest BCUT2D eigenvalue weighted by Gasteiger charge is 2.30. The third-order valence-electron chi connectivity index (χ3n) is 4.13. The van der Waals surface area contributed by atoms with Crippen molar-refractivity contribution >= 4 is 0 Å². The Morgan fingerprint density at radius 2 is 2.00 bits per heavy atom. The standard InChI is InChI=1S/C17H27NO/c1-4-19-13-15-8-6-5-7-14(15)12-18-16-9-10-17(2,3)11-16/h5-8,16,18H,4,9-13H2,1-3H3. The molecule has 1 N–H and O–H groups in total. The second kappa shape index (κ2) is 6.53. The predicted octanol–water partition coefficient (Wildman–Crippen LogP) is 3.89. The van der Waals surface area contributed by atoms with Gasteiger partial charge in [0.2, 0.25) is 0 Å². The molecule has 2 rings (SSSR count). The van der Waals surface area contributed by atoms with E-state index >= 15 is 0 Å². The summed E-state index contributed by atoms with van der Waals surface area (Å²) >= 11 is 0. The van der Waals surface area contributed by atoms with Crippen LogP contribution in [0.25, 0.3) is 0 Å². The molecule has 1 unspecified atom stereocenters. The second-order valence-electron chi connectivity index (χ2n) is 6.39. The van der Waals surface area contributed by atoms with Gasteiger partial charge in [-0.2, -0.15) is 0 Å². The molecule has 0 amide bonds. The van der Waals surface area contributed by atoms with Crippen molar-refractivity contribution in [2.24, 2.45) is 5.41 Å². The first kappa shape index (κ1) is 14.5. The Hall–Kier alpha value is -0.860. The van der Waals surface area contributed by atoms with E-state index < -0.39 is 0 Å². The third-order valence-corrected chi connectivity index (χ3v) is 4.13. The molecule has 0 aliphatic heterocycles. The summed E-state index contributed by atoms with van der Waals surface area (Å²) in [6, 6.07) is 9.27. The highest BCUT2D eigenvalue weighted by Crippen LogP contribution is 2.37. The molecule has 1 fully saturated rings. The summed E-state index contributed by atoms with van der Waals surface area (Å²) in [5.41, 5.74) is 3.21. The Labute approximate surface area is 117 Å². The van der Waals surface area contributed by atoms with E-state index in [4.69, 9.17) is 4.74 Å². The van der Waals surface area contributed by atoms with Crippen LogP contribution in [-0.4, -0.2) is 12.6 Å². The molecule has 1 aromatic carbocycles. The van der Waals surface area contributed by atoms with Gasteiger partial charge in [0.05, 0.1) is 6.61 Å². The molecular weight excluding hydrogens is 234 g/mol. The van der Waals surface area contributed by atoms with Crippen LogP contribution in [0.3, 0.4) is 0 Å². The van der Waals surface area contributed by atoms with Gasteiger partial charge in [-0.25, -0.2) is 0 Å². The van der Waals surface area contributed by atoms with Crippen molar-refractivity contribution in [1.29, 1.82) is 0 Å². The lowest BCUT2D eigenvalue weighted by Gasteiger charge is -2.18. The predicted molar refractivity (Wildman–Crippen MR) is 80.0 cm³/mol. The van der Waals surface area contributed by atoms with Gasteiger partial charge in [-0.1, -0.05) is 38.1 Å². The summed E-state index contributed by atoms with van der Waals surface area (Å²) < 4.78 is 5.54. The zero-order valence-electron chi connectivity index (χ0n) is 12.5. The summed E-state index contributed by atoms with van der Waals surface area (Å²) in [6.07, 6.45) is 3.94. The molecule has 0 aromatic heterocycles. The van der Waals surface area contributed by atoms with Gasteiger partial charge in [0.1, 0.15) is 0 Å². The Kier molecular flexibility index (Phi) is 5.00. The maximum Gasteiger partial charge on any atom is 0.0719 e. The molecule has 19 heavy (non-hydrogen) atoms. The molecule has 1 aliphatic carbocycles. The van der Waals surface area contributed by atoms with Crippen molar-refractivity contribution in [3.8, 4) is 0 Å². The largest absolute Gasteiger partial charge is 0.377 e. The fourth-order valence-electron chi connectivity index (χ4n) is 2.95. The van der Waals surface area contributed by atoms with Crippen LogP contribution in [0.4, 0.5) is 0 Å². The summed E-state index contributed by atoms with van der Waals surface area (Å²) in [4.78, 5) is 0. The van der Waals surface area contributed by atoms with Crippen LogP contribution >= 0.6 is 0 Å². The molecule has 1 atom stereocenters. The molecule has 0 heterocycles. The van der Waals surface area contributed by atoms with Gasteiger partial charge in [0.15, 0.2) is 0 Å². The molecule has 106 valence electrons. The van der Waals surface area contributed by atoms with Crippen molar-refractivity contribution < 1.29 is 4.74 Å². The summed E-state index contributed by atoms with van der Waals surface area (Å²) in [5, 5.41) is 3.71. The topological polar surface area (TPSA) is 21.3 Å². The molecule has 0 saturated heterocycles. The van der Waals surface area contributed by atoms with Gasteiger partial charge in [-0.3, -0.25) is 0 Å². The highest BCUT2D eigenvalue weighted by molar-refractivity contribution is 5.26. The van der Waals surface area contributed by atoms with E-state index in [1.54, 1.807) is 0 Å². The Morgan fingerprint density at radius 3 is 2.63 bits per heavy atom. The summed E-state index contributed by atoms with van der Waals surface area (Å²) in [7, 11) is 0. The summed E-state index contributed by atoms with van der Waals surface area (Å²) in [6.45, 7) is 9.25. The van der Waals surface area contributed by atoms with Crippen molar-refractivity contribution in [3.63, 3.8) is 0 Å². The van der Waals surface area contributed by atoms with Crippen LogP contribution in [0.1, 0.15) is 51.2 Å². The lowest BCUT2D eigenvalue weighted by molar-refractivity contribution is 0.133. The van der Waals surface area contributed by atoms with Gasteiger partial charge < -0.3 is 10.1 Å². The van der Waals surface area contributed by atoms with Gasteiger partial charge in [-0.05, 0) is 42.7 Å². The molecule has 1 aromatic rings. The lowest BCUT2D eigenvalue weighted by atomic mass is 9.92. The zero-order valence-corrected chi connectivity index (χ0v) is 12.5. The van der Waals surface area contributed by atoms with Gasteiger partial charge >= 0.3 is 0 Å². The van der Waals surface area contributed by atoms with Gasteiger partial charge in [0.25, 0.3) is 0 Å². The lowest BCUT2D eigenvalue weighted by Crippen LogP contribution is -2.27. The molecule has 0 bridgehead atoms. The van der Waals surface area contributed by atoms with Crippen molar-refractivity contribution in [2.75, 3.05) is 6.61 Å². The number of hydrogen-bond acceptors (Lipinski definition) is 2. The first-order chi connectivity index (χ1) is 9.11. The quantitative estimate of drug-likeness (QED) is 0.838. The fraction of sp³-hybridized carbons (Fsp3) is 0.647. The first-order valence-electron chi connectivity index (χ1n) is 7.48. The number of benzene rings is 1. The number of rotatable bonds is 6. The minimum Gasteiger partial charge on any atom is -0.377 e. The third kappa shape index (κ3) is 4.32. The van der Waals surface area contributed by atoms with Crippen LogP contribution in [-0.2, 0) is 17.9 Å². The normalized spacial score (nSPS) is 21.7. The molecule has 1 saturated carbocycles. The van der Waals surface area contributed by atoms with Crippen molar-refractivity contribution in [2.45, 2.75) is 59.2 Å². The zero-order chi connectivity index (χ0) is 13.7. The van der Waals surface area contributed by atoms with Crippen molar-refractivity contribution in [1.82, 2.24) is 5.32 Å². The van der Waals surface area contributed by atoms with E-state index in [1.165, 1.54) is 30.4 Å². The average Bonchev–Trinajstić information content (AvgIpc) is 2.74. The van der Waals surface area contributed by atoms with Crippen LogP contribution in [0, 0.1) is 5.41 Å². The molecule has 1 aliphatic rings. The Morgan fingerprint density at radius 1 is 1.26 bits per heavy atom. The minimum absolute atomic E-state index is 0.516. The maximum atomic E-state index is 5.54. The molecule has 0 radical (unpaired) electrons.